The molecule has 0 aliphatic carbocycles. The highest BCUT2D eigenvalue weighted by Gasteiger charge is 2.09. The number of amides is 1. The summed E-state index contributed by atoms with van der Waals surface area (Å²) >= 11 is 1.43. The third-order valence-corrected chi connectivity index (χ3v) is 3.91. The van der Waals surface area contributed by atoms with Gasteiger partial charge in [0.15, 0.2) is 0 Å². The predicted molar refractivity (Wildman–Crippen MR) is 87.4 cm³/mol. The maximum absolute atomic E-state index is 12.9. The van der Waals surface area contributed by atoms with Crippen LogP contribution in [0.5, 0.6) is 0 Å². The number of thiazole rings is 1. The van der Waals surface area contributed by atoms with Crippen LogP contribution in [0.2, 0.25) is 0 Å². The number of carbonyl (C=O) groups is 1. The number of hydrogen-bond acceptors (Lipinski definition) is 4. The van der Waals surface area contributed by atoms with Gasteiger partial charge in [0.25, 0.3) is 0 Å². The van der Waals surface area contributed by atoms with Gasteiger partial charge < -0.3 is 0 Å². The van der Waals surface area contributed by atoms with E-state index in [4.69, 9.17) is 0 Å². The Kier molecular flexibility index (Phi) is 5.77. The summed E-state index contributed by atoms with van der Waals surface area (Å²) in [6, 6.07) is 6.15. The molecule has 6 heteroatoms. The molecular weight excluding hydrogens is 301 g/mol. The average Bonchev–Trinajstić information content (AvgIpc) is 2.95. The Labute approximate surface area is 133 Å². The third-order valence-electron chi connectivity index (χ3n) is 2.97. The Bertz CT molecular complexity index is 664. The lowest BCUT2D eigenvalue weighted by molar-refractivity contribution is -0.120. The number of nitrogens with zero attached hydrogens (tertiary/aromatic N) is 2. The maximum Gasteiger partial charge on any atom is 0.246 e. The molecule has 22 heavy (non-hydrogen) atoms. The van der Waals surface area contributed by atoms with Crippen molar-refractivity contribution in [3.63, 3.8) is 0 Å². The fourth-order valence-electron chi connectivity index (χ4n) is 1.89. The van der Waals surface area contributed by atoms with Gasteiger partial charge in [0.2, 0.25) is 5.91 Å². The van der Waals surface area contributed by atoms with E-state index < -0.39 is 0 Å². The van der Waals surface area contributed by atoms with Gasteiger partial charge in [-0.3, -0.25) is 4.79 Å². The quantitative estimate of drug-likeness (QED) is 0.650. The fraction of sp³-hybridized carbons (Fsp3) is 0.312. The molecule has 1 aromatic heterocycles. The molecule has 0 saturated heterocycles. The minimum absolute atomic E-state index is 0.181. The van der Waals surface area contributed by atoms with Crippen LogP contribution in [0, 0.1) is 5.82 Å². The van der Waals surface area contributed by atoms with Gasteiger partial charge in [-0.05, 0) is 37.6 Å². The topological polar surface area (TPSA) is 54.4 Å². The largest absolute Gasteiger partial charge is 0.273 e. The Balaban J connectivity index is 1.96. The van der Waals surface area contributed by atoms with Gasteiger partial charge in [0.05, 0.1) is 12.1 Å². The third kappa shape index (κ3) is 4.73. The molecule has 0 radical (unpaired) electrons. The molecule has 2 aromatic rings. The molecule has 1 amide bonds. The summed E-state index contributed by atoms with van der Waals surface area (Å²) in [6.45, 7) is 3.95. The van der Waals surface area contributed by atoms with E-state index in [9.17, 15) is 9.18 Å². The molecule has 0 atom stereocenters. The molecule has 0 bridgehead atoms. The SMILES string of the molecule is CCC/C(C)=N\NC(=O)Cc1csc(-c2ccc(F)cc2)n1. The lowest BCUT2D eigenvalue weighted by Crippen LogP contribution is -2.21. The fourth-order valence-corrected chi connectivity index (χ4v) is 2.72. The zero-order chi connectivity index (χ0) is 15.9. The first kappa shape index (κ1) is 16.3. The van der Waals surface area contributed by atoms with Crippen LogP contribution in [0.3, 0.4) is 0 Å². The highest BCUT2D eigenvalue weighted by atomic mass is 32.1. The van der Waals surface area contributed by atoms with Gasteiger partial charge >= 0.3 is 0 Å². The highest BCUT2D eigenvalue weighted by Crippen LogP contribution is 2.24. The first-order chi connectivity index (χ1) is 10.6. The number of hydrazone groups is 1. The summed E-state index contributed by atoms with van der Waals surface area (Å²) in [5.74, 6) is -0.466. The summed E-state index contributed by atoms with van der Waals surface area (Å²) in [5.41, 5.74) is 4.97. The summed E-state index contributed by atoms with van der Waals surface area (Å²) in [4.78, 5) is 16.2. The molecule has 0 fully saturated rings. The Hall–Kier alpha value is -2.08. The molecule has 0 saturated carbocycles. The number of benzene rings is 1. The molecule has 4 nitrogen and oxygen atoms in total. The summed E-state index contributed by atoms with van der Waals surface area (Å²) in [5, 5.41) is 6.64. The van der Waals surface area contributed by atoms with E-state index in [0.717, 1.165) is 29.1 Å². The standard InChI is InChI=1S/C16H18FN3OS/c1-3-4-11(2)19-20-15(21)9-14-10-22-16(18-14)12-5-7-13(17)8-6-12/h5-8,10H,3-4,9H2,1-2H3,(H,20,21)/b19-11-. The molecule has 0 unspecified atom stereocenters. The minimum atomic E-state index is -0.278. The van der Waals surface area contributed by atoms with Crippen molar-refractivity contribution in [1.29, 1.82) is 0 Å². The monoisotopic (exact) mass is 319 g/mol. The Morgan fingerprint density at radius 1 is 1.36 bits per heavy atom. The number of carbonyl (C=O) groups excluding carboxylic acids is 1. The average molecular weight is 319 g/mol. The summed E-state index contributed by atoms with van der Waals surface area (Å²) in [7, 11) is 0. The second kappa shape index (κ2) is 7.79. The van der Waals surface area contributed by atoms with E-state index in [0.29, 0.717) is 5.69 Å². The Morgan fingerprint density at radius 2 is 2.09 bits per heavy atom. The lowest BCUT2D eigenvalue weighted by atomic mass is 10.2. The van der Waals surface area contributed by atoms with Gasteiger partial charge in [-0.2, -0.15) is 5.10 Å². The second-order valence-corrected chi connectivity index (χ2v) is 5.82. The molecule has 0 spiro atoms. The minimum Gasteiger partial charge on any atom is -0.273 e. The van der Waals surface area contributed by atoms with Crippen LogP contribution in [0.4, 0.5) is 4.39 Å². The van der Waals surface area contributed by atoms with Crippen molar-refractivity contribution in [2.75, 3.05) is 0 Å². The van der Waals surface area contributed by atoms with Crippen LogP contribution < -0.4 is 5.43 Å². The van der Waals surface area contributed by atoms with Gasteiger partial charge in [-0.1, -0.05) is 13.3 Å². The van der Waals surface area contributed by atoms with Crippen LogP contribution in [-0.4, -0.2) is 16.6 Å². The number of nitrogens with one attached hydrogen (secondary N) is 1. The first-order valence-electron chi connectivity index (χ1n) is 7.11. The van der Waals surface area contributed by atoms with Crippen molar-refractivity contribution in [2.45, 2.75) is 33.1 Å². The lowest BCUT2D eigenvalue weighted by Gasteiger charge is -2.00. The molecule has 1 aromatic carbocycles. The smallest absolute Gasteiger partial charge is 0.246 e. The first-order valence-corrected chi connectivity index (χ1v) is 7.98. The van der Waals surface area contributed by atoms with E-state index in [2.05, 4.69) is 22.4 Å². The predicted octanol–water partition coefficient (Wildman–Crippen LogP) is 3.78. The van der Waals surface area contributed by atoms with Crippen LogP contribution in [-0.2, 0) is 11.2 Å². The van der Waals surface area contributed by atoms with E-state index >= 15 is 0 Å². The van der Waals surface area contributed by atoms with Crippen molar-refractivity contribution in [1.82, 2.24) is 10.4 Å². The number of rotatable bonds is 6. The van der Waals surface area contributed by atoms with Gasteiger partial charge in [0, 0.05) is 16.7 Å². The van der Waals surface area contributed by atoms with E-state index in [1.54, 1.807) is 12.1 Å². The van der Waals surface area contributed by atoms with E-state index in [-0.39, 0.29) is 18.1 Å². The summed E-state index contributed by atoms with van der Waals surface area (Å²) in [6.07, 6.45) is 2.05. The maximum atomic E-state index is 12.9. The van der Waals surface area contributed by atoms with Gasteiger partial charge in [-0.25, -0.2) is 14.8 Å². The second-order valence-electron chi connectivity index (χ2n) is 4.96. The molecular formula is C16H18FN3OS. The van der Waals surface area contributed by atoms with Crippen LogP contribution in [0.1, 0.15) is 32.4 Å². The number of halogens is 1. The molecule has 0 aliphatic heterocycles. The van der Waals surface area contributed by atoms with Crippen LogP contribution in [0.25, 0.3) is 10.6 Å². The molecule has 116 valence electrons. The van der Waals surface area contributed by atoms with Crippen molar-refractivity contribution < 1.29 is 9.18 Å². The van der Waals surface area contributed by atoms with Crippen LogP contribution in [0.15, 0.2) is 34.7 Å². The molecule has 0 aliphatic rings. The zero-order valence-electron chi connectivity index (χ0n) is 12.6. The normalized spacial score (nSPS) is 11.5. The van der Waals surface area contributed by atoms with Gasteiger partial charge in [-0.15, -0.1) is 11.3 Å². The number of aromatic nitrogens is 1. The van der Waals surface area contributed by atoms with Crippen molar-refractivity contribution in [3.05, 3.63) is 41.2 Å². The summed E-state index contributed by atoms with van der Waals surface area (Å²) < 4.78 is 12.9. The van der Waals surface area contributed by atoms with E-state index in [1.807, 2.05) is 12.3 Å². The van der Waals surface area contributed by atoms with Crippen molar-refractivity contribution in [2.24, 2.45) is 5.10 Å². The molecule has 1 N–H and O–H groups in total. The highest BCUT2D eigenvalue weighted by molar-refractivity contribution is 7.13. The molecule has 2 rings (SSSR count). The molecule has 1 heterocycles. The van der Waals surface area contributed by atoms with Crippen molar-refractivity contribution >= 4 is 23.0 Å². The van der Waals surface area contributed by atoms with Crippen molar-refractivity contribution in [3.8, 4) is 10.6 Å². The Morgan fingerprint density at radius 3 is 2.77 bits per heavy atom. The zero-order valence-corrected chi connectivity index (χ0v) is 13.4. The number of hydrogen-bond donors (Lipinski definition) is 1. The van der Waals surface area contributed by atoms with E-state index in [1.165, 1.54) is 23.5 Å². The van der Waals surface area contributed by atoms with Gasteiger partial charge in [0.1, 0.15) is 10.8 Å². The van der Waals surface area contributed by atoms with Crippen LogP contribution >= 0.6 is 11.3 Å².